The van der Waals surface area contributed by atoms with Gasteiger partial charge in [-0.15, -0.1) is 0 Å². The van der Waals surface area contributed by atoms with E-state index in [4.69, 9.17) is 5.73 Å². The molecule has 3 rings (SSSR count). The van der Waals surface area contributed by atoms with Gasteiger partial charge in [-0.2, -0.15) is 0 Å². The summed E-state index contributed by atoms with van der Waals surface area (Å²) in [7, 11) is 0. The Morgan fingerprint density at radius 1 is 1.18 bits per heavy atom. The van der Waals surface area contributed by atoms with Crippen molar-refractivity contribution in [3.05, 3.63) is 29.6 Å². The van der Waals surface area contributed by atoms with E-state index in [1.807, 2.05) is 4.90 Å². The Balaban J connectivity index is 1.77. The molecule has 1 aromatic carbocycles. The third-order valence-corrected chi connectivity index (χ3v) is 4.49. The minimum Gasteiger partial charge on any atom is -0.369 e. The minimum atomic E-state index is -0.448. The van der Waals surface area contributed by atoms with Gasteiger partial charge in [0.05, 0.1) is 11.6 Å². The number of anilines is 1. The fourth-order valence-electron chi connectivity index (χ4n) is 3.15. The highest BCUT2D eigenvalue weighted by molar-refractivity contribution is 6.00. The molecule has 1 unspecified atom stereocenters. The maximum absolute atomic E-state index is 14.4. The minimum absolute atomic E-state index is 0.196. The number of rotatable bonds is 2. The summed E-state index contributed by atoms with van der Waals surface area (Å²) in [6.07, 6.45) is 2.44. The number of nitrogens with one attached hydrogen (secondary N) is 1. The molecule has 0 saturated carbocycles. The van der Waals surface area contributed by atoms with Crippen LogP contribution < -0.4 is 16.0 Å². The zero-order chi connectivity index (χ0) is 15.7. The van der Waals surface area contributed by atoms with E-state index in [-0.39, 0.29) is 23.7 Å². The van der Waals surface area contributed by atoms with Gasteiger partial charge in [0.25, 0.3) is 0 Å². The van der Waals surface area contributed by atoms with Crippen molar-refractivity contribution in [2.75, 3.05) is 18.0 Å². The molecule has 0 aromatic heterocycles. The van der Waals surface area contributed by atoms with E-state index < -0.39 is 5.92 Å². The Labute approximate surface area is 128 Å². The van der Waals surface area contributed by atoms with Gasteiger partial charge in [0.1, 0.15) is 5.82 Å². The largest absolute Gasteiger partial charge is 0.369 e. The lowest BCUT2D eigenvalue weighted by molar-refractivity contribution is -0.134. The van der Waals surface area contributed by atoms with E-state index in [9.17, 15) is 14.0 Å². The molecular weight excluding hydrogens is 285 g/mol. The molecule has 2 amide bonds. The first kappa shape index (κ1) is 15.0. The zero-order valence-electron chi connectivity index (χ0n) is 12.3. The Hall–Kier alpha value is -1.95. The maximum Gasteiger partial charge on any atom is 0.234 e. The molecule has 5 nitrogen and oxygen atoms in total. The Bertz CT molecular complexity index is 597. The molecular formula is C16H20FN3O2. The summed E-state index contributed by atoms with van der Waals surface area (Å²) in [4.78, 5) is 25.0. The second-order valence-corrected chi connectivity index (χ2v) is 6.04. The van der Waals surface area contributed by atoms with Crippen LogP contribution in [-0.4, -0.2) is 30.9 Å². The van der Waals surface area contributed by atoms with E-state index in [1.54, 1.807) is 12.1 Å². The number of hydrogen-bond donors (Lipinski definition) is 2. The highest BCUT2D eigenvalue weighted by Crippen LogP contribution is 2.30. The molecule has 2 saturated heterocycles. The molecule has 118 valence electrons. The lowest BCUT2D eigenvalue weighted by atomic mass is 9.90. The zero-order valence-corrected chi connectivity index (χ0v) is 12.3. The number of carbonyl (C=O) groups is 2. The van der Waals surface area contributed by atoms with E-state index in [1.165, 1.54) is 6.07 Å². The quantitative estimate of drug-likeness (QED) is 0.807. The molecule has 6 heteroatoms. The normalized spacial score (nSPS) is 23.5. The average molecular weight is 305 g/mol. The van der Waals surface area contributed by atoms with Gasteiger partial charge in [0, 0.05) is 25.6 Å². The van der Waals surface area contributed by atoms with Gasteiger partial charge in [0.2, 0.25) is 11.8 Å². The second-order valence-electron chi connectivity index (χ2n) is 6.04. The maximum atomic E-state index is 14.4. The number of nitrogens with zero attached hydrogens (tertiary/aromatic N) is 1. The van der Waals surface area contributed by atoms with Gasteiger partial charge in [0.15, 0.2) is 0 Å². The summed E-state index contributed by atoms with van der Waals surface area (Å²) in [5, 5.41) is 2.31. The molecule has 0 radical (unpaired) electrons. The highest BCUT2D eigenvalue weighted by Gasteiger charge is 2.29. The topological polar surface area (TPSA) is 75.4 Å². The third-order valence-electron chi connectivity index (χ3n) is 4.49. The van der Waals surface area contributed by atoms with Crippen molar-refractivity contribution < 1.29 is 14.0 Å². The summed E-state index contributed by atoms with van der Waals surface area (Å²) in [6.45, 7) is 1.49. The van der Waals surface area contributed by atoms with Crippen LogP contribution in [0.3, 0.4) is 0 Å². The molecule has 0 aliphatic carbocycles. The van der Waals surface area contributed by atoms with Crippen LogP contribution in [-0.2, 0) is 9.59 Å². The number of imide groups is 1. The van der Waals surface area contributed by atoms with Gasteiger partial charge < -0.3 is 10.6 Å². The molecule has 0 bridgehead atoms. The van der Waals surface area contributed by atoms with Crippen LogP contribution >= 0.6 is 0 Å². The number of carbonyl (C=O) groups excluding carboxylic acids is 2. The molecule has 1 aromatic rings. The summed E-state index contributed by atoms with van der Waals surface area (Å²) < 4.78 is 14.4. The fourth-order valence-corrected chi connectivity index (χ4v) is 3.15. The van der Waals surface area contributed by atoms with Gasteiger partial charge in [-0.1, -0.05) is 6.07 Å². The van der Waals surface area contributed by atoms with Crippen molar-refractivity contribution in [3.63, 3.8) is 0 Å². The molecule has 3 N–H and O–H groups in total. The molecule has 2 aliphatic rings. The lowest BCUT2D eigenvalue weighted by Gasteiger charge is -2.32. The third kappa shape index (κ3) is 2.97. The van der Waals surface area contributed by atoms with Crippen LogP contribution in [0.4, 0.5) is 10.1 Å². The second kappa shape index (κ2) is 6.04. The van der Waals surface area contributed by atoms with E-state index in [0.29, 0.717) is 24.1 Å². The van der Waals surface area contributed by atoms with Crippen LogP contribution in [0.1, 0.15) is 37.2 Å². The SMILES string of the molecule is NC1CCN(c2ccc(C3CCC(=O)NC3=O)cc2F)CC1. The Kier molecular flexibility index (Phi) is 4.11. The van der Waals surface area contributed by atoms with E-state index in [0.717, 1.165) is 25.9 Å². The summed E-state index contributed by atoms with van der Waals surface area (Å²) >= 11 is 0. The number of piperidine rings is 2. The van der Waals surface area contributed by atoms with Crippen molar-refractivity contribution in [1.29, 1.82) is 0 Å². The molecule has 0 spiro atoms. The number of benzene rings is 1. The number of hydrogen-bond acceptors (Lipinski definition) is 4. The fraction of sp³-hybridized carbons (Fsp3) is 0.500. The molecule has 2 aliphatic heterocycles. The molecule has 1 atom stereocenters. The van der Waals surface area contributed by atoms with Crippen molar-refractivity contribution in [3.8, 4) is 0 Å². The summed E-state index contributed by atoms with van der Waals surface area (Å²) in [5.41, 5.74) is 7.05. The monoisotopic (exact) mass is 305 g/mol. The summed E-state index contributed by atoms with van der Waals surface area (Å²) in [5.74, 6) is -1.37. The van der Waals surface area contributed by atoms with Crippen molar-refractivity contribution >= 4 is 17.5 Å². The molecule has 22 heavy (non-hydrogen) atoms. The smallest absolute Gasteiger partial charge is 0.234 e. The Morgan fingerprint density at radius 2 is 1.91 bits per heavy atom. The van der Waals surface area contributed by atoms with Crippen LogP contribution in [0.2, 0.25) is 0 Å². The predicted molar refractivity (Wildman–Crippen MR) is 80.9 cm³/mol. The van der Waals surface area contributed by atoms with Gasteiger partial charge in [-0.3, -0.25) is 14.9 Å². The molecule has 2 fully saturated rings. The average Bonchev–Trinajstić information content (AvgIpc) is 2.48. The van der Waals surface area contributed by atoms with Crippen LogP contribution in [0.5, 0.6) is 0 Å². The van der Waals surface area contributed by atoms with Gasteiger partial charge in [-0.05, 0) is 37.0 Å². The summed E-state index contributed by atoms with van der Waals surface area (Å²) in [6, 6.07) is 5.13. The van der Waals surface area contributed by atoms with Crippen molar-refractivity contribution in [2.24, 2.45) is 5.73 Å². The molecule has 2 heterocycles. The predicted octanol–water partition coefficient (Wildman–Crippen LogP) is 1.27. The first-order chi connectivity index (χ1) is 10.5. The number of halogens is 1. The number of nitrogens with two attached hydrogens (primary N) is 1. The Morgan fingerprint density at radius 3 is 2.55 bits per heavy atom. The van der Waals surface area contributed by atoms with Crippen molar-refractivity contribution in [1.82, 2.24) is 5.32 Å². The van der Waals surface area contributed by atoms with Crippen LogP contribution in [0, 0.1) is 5.82 Å². The van der Waals surface area contributed by atoms with Gasteiger partial charge in [-0.25, -0.2) is 4.39 Å². The first-order valence-corrected chi connectivity index (χ1v) is 7.68. The number of amides is 2. The first-order valence-electron chi connectivity index (χ1n) is 7.68. The van der Waals surface area contributed by atoms with Crippen LogP contribution in [0.25, 0.3) is 0 Å². The highest BCUT2D eigenvalue weighted by atomic mass is 19.1. The van der Waals surface area contributed by atoms with Crippen LogP contribution in [0.15, 0.2) is 18.2 Å². The van der Waals surface area contributed by atoms with E-state index >= 15 is 0 Å². The lowest BCUT2D eigenvalue weighted by Crippen LogP contribution is -2.40. The van der Waals surface area contributed by atoms with E-state index in [2.05, 4.69) is 5.32 Å². The van der Waals surface area contributed by atoms with Gasteiger partial charge >= 0.3 is 0 Å². The standard InChI is InChI=1S/C16H20FN3O2/c17-13-9-10(12-2-4-15(21)19-16(12)22)1-3-14(13)20-7-5-11(18)6-8-20/h1,3,9,11-12H,2,4-8,18H2,(H,19,21,22). The van der Waals surface area contributed by atoms with Crippen molar-refractivity contribution in [2.45, 2.75) is 37.6 Å².